The second-order valence-corrected chi connectivity index (χ2v) is 7.05. The lowest BCUT2D eigenvalue weighted by atomic mass is 9.79. The van der Waals surface area contributed by atoms with Gasteiger partial charge in [0.1, 0.15) is 11.7 Å². The highest BCUT2D eigenvalue weighted by atomic mass is 79.9. The van der Waals surface area contributed by atoms with Gasteiger partial charge in [-0.05, 0) is 35.9 Å². The molecule has 0 unspecified atom stereocenters. The Morgan fingerprint density at radius 2 is 1.78 bits per heavy atom. The minimum atomic E-state index is -1.17. The first kappa shape index (κ1) is 19.2. The summed E-state index contributed by atoms with van der Waals surface area (Å²) in [5, 5.41) is 9.93. The maximum Gasteiger partial charge on any atom is 0.313 e. The summed E-state index contributed by atoms with van der Waals surface area (Å²) in [6.45, 7) is 0. The van der Waals surface area contributed by atoms with Crippen molar-refractivity contribution in [1.29, 1.82) is 0 Å². The Bertz CT molecular complexity index is 933. The topological polar surface area (TPSA) is 76.1 Å². The molecule has 0 radical (unpaired) electrons. The van der Waals surface area contributed by atoms with Crippen molar-refractivity contribution < 1.29 is 28.6 Å². The van der Waals surface area contributed by atoms with Crippen molar-refractivity contribution >= 4 is 27.8 Å². The van der Waals surface area contributed by atoms with Crippen molar-refractivity contribution in [3.63, 3.8) is 0 Å². The summed E-state index contributed by atoms with van der Waals surface area (Å²) < 4.78 is 25.6. The van der Waals surface area contributed by atoms with E-state index in [9.17, 15) is 19.1 Å². The number of aliphatic carboxylic acids is 1. The van der Waals surface area contributed by atoms with E-state index >= 15 is 0 Å². The van der Waals surface area contributed by atoms with Crippen LogP contribution in [0, 0.1) is 5.82 Å². The maximum absolute atomic E-state index is 14.5. The zero-order valence-corrected chi connectivity index (χ0v) is 16.4. The molecular weight excluding hydrogens is 421 g/mol. The lowest BCUT2D eigenvalue weighted by Gasteiger charge is -2.39. The van der Waals surface area contributed by atoms with Gasteiger partial charge in [-0.1, -0.05) is 15.9 Å². The molecule has 3 rings (SSSR count). The van der Waals surface area contributed by atoms with Crippen molar-refractivity contribution in [2.45, 2.75) is 12.0 Å². The van der Waals surface area contributed by atoms with Crippen molar-refractivity contribution in [2.75, 3.05) is 21.3 Å². The third-order valence-electron chi connectivity index (χ3n) is 4.72. The molecule has 1 heterocycles. The van der Waals surface area contributed by atoms with E-state index in [1.165, 1.54) is 56.5 Å². The second-order valence-electron chi connectivity index (χ2n) is 6.14. The average molecular weight is 438 g/mol. The minimum Gasteiger partial charge on any atom is -0.493 e. The van der Waals surface area contributed by atoms with Crippen molar-refractivity contribution in [3.05, 3.63) is 57.3 Å². The first-order valence-corrected chi connectivity index (χ1v) is 8.80. The van der Waals surface area contributed by atoms with Crippen molar-refractivity contribution in [1.82, 2.24) is 4.90 Å². The Kier molecular flexibility index (Phi) is 5.10. The number of benzene rings is 2. The number of ether oxygens (including phenoxy) is 2. The van der Waals surface area contributed by atoms with E-state index in [-0.39, 0.29) is 16.7 Å². The molecule has 27 heavy (non-hydrogen) atoms. The Hall–Kier alpha value is -2.61. The van der Waals surface area contributed by atoms with Crippen LogP contribution in [0.4, 0.5) is 4.39 Å². The first-order chi connectivity index (χ1) is 12.8. The Morgan fingerprint density at radius 1 is 1.15 bits per heavy atom. The molecule has 8 heteroatoms. The van der Waals surface area contributed by atoms with Gasteiger partial charge in [0.2, 0.25) is 0 Å². The third kappa shape index (κ3) is 3.14. The highest BCUT2D eigenvalue weighted by molar-refractivity contribution is 9.10. The molecule has 6 nitrogen and oxygen atoms in total. The van der Waals surface area contributed by atoms with Crippen LogP contribution in [0.3, 0.4) is 0 Å². The van der Waals surface area contributed by atoms with Crippen LogP contribution < -0.4 is 9.47 Å². The van der Waals surface area contributed by atoms with Crippen molar-refractivity contribution in [3.8, 4) is 11.5 Å². The van der Waals surface area contributed by atoms with E-state index in [1.807, 2.05) is 0 Å². The number of rotatable bonds is 4. The van der Waals surface area contributed by atoms with Gasteiger partial charge >= 0.3 is 5.97 Å². The quantitative estimate of drug-likeness (QED) is 0.790. The Labute approximate surface area is 163 Å². The van der Waals surface area contributed by atoms with Crippen LogP contribution in [0.25, 0.3) is 0 Å². The van der Waals surface area contributed by atoms with E-state index in [4.69, 9.17) is 9.47 Å². The predicted molar refractivity (Wildman–Crippen MR) is 98.9 cm³/mol. The molecule has 1 N–H and O–H groups in total. The number of carboxylic acid groups (broad SMARTS) is 1. The van der Waals surface area contributed by atoms with Gasteiger partial charge < -0.3 is 19.5 Å². The molecule has 1 aliphatic rings. The van der Waals surface area contributed by atoms with Gasteiger partial charge in [-0.25, -0.2) is 4.39 Å². The molecule has 2 aromatic carbocycles. The standard InChI is InChI=1S/C19H17BrFNO5/c1-22-17(12-6-9(20)4-5-13(12)21)16(19(24)25)10-7-14(26-2)15(27-3)8-11(10)18(22)23/h4-8,16-17H,1-3H3,(H,24,25)/t16-,17+/m1/s1. The van der Waals surface area contributed by atoms with Crippen LogP contribution in [0.15, 0.2) is 34.8 Å². The molecule has 1 amide bonds. The van der Waals surface area contributed by atoms with E-state index in [0.717, 1.165) is 0 Å². The maximum atomic E-state index is 14.5. The largest absolute Gasteiger partial charge is 0.493 e. The number of carboxylic acids is 1. The summed E-state index contributed by atoms with van der Waals surface area (Å²) in [6, 6.07) is 6.16. The smallest absolute Gasteiger partial charge is 0.313 e. The van der Waals surface area contributed by atoms with Gasteiger partial charge in [0.15, 0.2) is 11.5 Å². The van der Waals surface area contributed by atoms with Crippen LogP contribution in [-0.2, 0) is 4.79 Å². The molecule has 0 bridgehead atoms. The molecule has 0 saturated carbocycles. The summed E-state index contributed by atoms with van der Waals surface area (Å²) in [7, 11) is 4.31. The molecule has 142 valence electrons. The first-order valence-electron chi connectivity index (χ1n) is 8.01. The number of methoxy groups -OCH3 is 2. The number of carbonyl (C=O) groups excluding carboxylic acids is 1. The molecule has 0 saturated heterocycles. The minimum absolute atomic E-state index is 0.119. The van der Waals surface area contributed by atoms with Crippen molar-refractivity contribution in [2.24, 2.45) is 0 Å². The molecule has 2 aromatic rings. The van der Waals surface area contributed by atoms with Crippen LogP contribution in [0.5, 0.6) is 11.5 Å². The molecule has 0 spiro atoms. The van der Waals surface area contributed by atoms with Crippen LogP contribution in [0.1, 0.15) is 33.4 Å². The van der Waals surface area contributed by atoms with Gasteiger partial charge in [-0.3, -0.25) is 9.59 Å². The molecular formula is C19H17BrFNO5. The lowest BCUT2D eigenvalue weighted by Crippen LogP contribution is -2.43. The zero-order chi connectivity index (χ0) is 19.9. The highest BCUT2D eigenvalue weighted by Crippen LogP contribution is 2.46. The Balaban J connectivity index is 2.28. The fourth-order valence-corrected chi connectivity index (χ4v) is 3.82. The second kappa shape index (κ2) is 7.19. The van der Waals surface area contributed by atoms with Crippen LogP contribution in [0.2, 0.25) is 0 Å². The Morgan fingerprint density at radius 3 is 2.37 bits per heavy atom. The molecule has 0 aromatic heterocycles. The highest BCUT2D eigenvalue weighted by Gasteiger charge is 2.44. The van der Waals surface area contributed by atoms with E-state index in [0.29, 0.717) is 16.0 Å². The summed E-state index contributed by atoms with van der Waals surface area (Å²) >= 11 is 3.27. The molecule has 0 fully saturated rings. The fourth-order valence-electron chi connectivity index (χ4n) is 3.44. The number of likely N-dealkylation sites (N-methyl/N-ethyl adjacent to an activating group) is 1. The van der Waals surface area contributed by atoms with Gasteiger partial charge in [0.25, 0.3) is 5.91 Å². The van der Waals surface area contributed by atoms with Gasteiger partial charge in [-0.2, -0.15) is 0 Å². The number of hydrogen-bond acceptors (Lipinski definition) is 4. The number of amides is 1. The van der Waals surface area contributed by atoms with Gasteiger partial charge in [-0.15, -0.1) is 0 Å². The van der Waals surface area contributed by atoms with Gasteiger partial charge in [0, 0.05) is 22.6 Å². The fraction of sp³-hybridized carbons (Fsp3) is 0.263. The summed E-state index contributed by atoms with van der Waals surface area (Å²) in [6.07, 6.45) is 0. The van der Waals surface area contributed by atoms with E-state index in [2.05, 4.69) is 15.9 Å². The predicted octanol–water partition coefficient (Wildman–Crippen LogP) is 3.60. The number of hydrogen-bond donors (Lipinski definition) is 1. The van der Waals surface area contributed by atoms with Crippen LogP contribution >= 0.6 is 15.9 Å². The number of halogens is 2. The SMILES string of the molecule is COc1cc2c(cc1OC)[C@@H](C(=O)O)[C@H](c1cc(Br)ccc1F)N(C)C2=O. The van der Waals surface area contributed by atoms with E-state index < -0.39 is 29.7 Å². The number of fused-ring (bicyclic) bond motifs is 1. The monoisotopic (exact) mass is 437 g/mol. The van der Waals surface area contributed by atoms with Gasteiger partial charge in [0.05, 0.1) is 20.3 Å². The summed E-state index contributed by atoms with van der Waals surface area (Å²) in [4.78, 5) is 26.3. The van der Waals surface area contributed by atoms with E-state index in [1.54, 1.807) is 0 Å². The van der Waals surface area contributed by atoms with Crippen LogP contribution in [-0.4, -0.2) is 43.2 Å². The number of nitrogens with zero attached hydrogens (tertiary/aromatic N) is 1. The summed E-state index contributed by atoms with van der Waals surface area (Å²) in [5.74, 6) is -2.74. The molecule has 0 aliphatic carbocycles. The zero-order valence-electron chi connectivity index (χ0n) is 14.8. The third-order valence-corrected chi connectivity index (χ3v) is 5.21. The lowest BCUT2D eigenvalue weighted by molar-refractivity contribution is -0.140. The average Bonchev–Trinajstić information content (AvgIpc) is 2.65. The normalized spacial score (nSPS) is 18.9. The number of carbonyl (C=O) groups is 2. The summed E-state index contributed by atoms with van der Waals surface area (Å²) in [5.41, 5.74) is 0.565. The molecule has 2 atom stereocenters. The molecule has 1 aliphatic heterocycles.